The monoisotopic (exact) mass is 637 g/mol. The summed E-state index contributed by atoms with van der Waals surface area (Å²) in [5.74, 6) is 0. The lowest BCUT2D eigenvalue weighted by molar-refractivity contribution is 0.672. The van der Waals surface area contributed by atoms with Crippen LogP contribution in [0.15, 0.2) is 192 Å². The Morgan fingerprint density at radius 1 is 0.340 bits per heavy atom. The van der Waals surface area contributed by atoms with Gasteiger partial charge in [-0.3, -0.25) is 0 Å². The molecule has 0 N–H and O–H groups in total. The van der Waals surface area contributed by atoms with E-state index in [1.54, 1.807) is 0 Å². The smallest absolute Gasteiger partial charge is 0.143 e. The van der Waals surface area contributed by atoms with Crippen molar-refractivity contribution in [3.63, 3.8) is 0 Å². The summed E-state index contributed by atoms with van der Waals surface area (Å²) in [6.07, 6.45) is 0. The standard InChI is InChI=1S/C48H31NO/c1-2-11-32(12-3-1)41-15-6-8-19-46(41)49(37-27-28-40-35(31-37)22-21-33-13-4-5-14-38(33)40)36-25-23-34(24-26-36)39-17-10-18-44-42(39)29-30-45-43-16-7-9-20-47(43)50-48(44)45/h1-31H. The molecule has 0 saturated carbocycles. The minimum absolute atomic E-state index is 0.919. The first kappa shape index (κ1) is 28.4. The third-order valence-electron chi connectivity index (χ3n) is 10.1. The molecule has 2 heteroatoms. The van der Waals surface area contributed by atoms with Crippen LogP contribution in [0.4, 0.5) is 17.1 Å². The number of hydrogen-bond donors (Lipinski definition) is 0. The van der Waals surface area contributed by atoms with Gasteiger partial charge in [-0.25, -0.2) is 0 Å². The molecule has 0 aliphatic rings. The van der Waals surface area contributed by atoms with E-state index in [0.717, 1.165) is 50.0 Å². The molecular weight excluding hydrogens is 607 g/mol. The average molecular weight is 638 g/mol. The first-order valence-corrected chi connectivity index (χ1v) is 17.1. The van der Waals surface area contributed by atoms with Crippen molar-refractivity contribution in [3.8, 4) is 22.3 Å². The number of fused-ring (bicyclic) bond motifs is 8. The molecule has 10 rings (SSSR count). The summed E-state index contributed by atoms with van der Waals surface area (Å²) in [4.78, 5) is 2.39. The second-order valence-electron chi connectivity index (χ2n) is 12.9. The normalized spacial score (nSPS) is 11.6. The molecule has 0 saturated heterocycles. The van der Waals surface area contributed by atoms with Gasteiger partial charge < -0.3 is 9.32 Å². The SMILES string of the molecule is c1ccc(-c2ccccc2N(c2ccc(-c3cccc4c3ccc3c5ccccc5oc43)cc2)c2ccc3c(ccc4ccccc43)c2)cc1. The van der Waals surface area contributed by atoms with E-state index in [4.69, 9.17) is 4.42 Å². The second kappa shape index (κ2) is 11.5. The van der Waals surface area contributed by atoms with Crippen LogP contribution in [-0.2, 0) is 0 Å². The Labute approximate surface area is 290 Å². The van der Waals surface area contributed by atoms with E-state index in [1.165, 1.54) is 43.6 Å². The van der Waals surface area contributed by atoms with Gasteiger partial charge in [0.2, 0.25) is 0 Å². The van der Waals surface area contributed by atoms with Crippen molar-refractivity contribution in [1.29, 1.82) is 0 Å². The number of nitrogens with zero attached hydrogens (tertiary/aromatic N) is 1. The molecule has 50 heavy (non-hydrogen) atoms. The van der Waals surface area contributed by atoms with Gasteiger partial charge in [-0.15, -0.1) is 0 Å². The Morgan fingerprint density at radius 2 is 0.940 bits per heavy atom. The highest BCUT2D eigenvalue weighted by atomic mass is 16.3. The van der Waals surface area contributed by atoms with Crippen LogP contribution < -0.4 is 4.90 Å². The molecular formula is C48H31NO. The van der Waals surface area contributed by atoms with Crippen LogP contribution >= 0.6 is 0 Å². The van der Waals surface area contributed by atoms with E-state index in [1.807, 2.05) is 12.1 Å². The third kappa shape index (κ3) is 4.57. The Hall–Kier alpha value is -6.64. The molecule has 2 nitrogen and oxygen atoms in total. The number of para-hydroxylation sites is 2. The Balaban J connectivity index is 1.13. The molecule has 1 heterocycles. The summed E-state index contributed by atoms with van der Waals surface area (Å²) in [7, 11) is 0. The molecule has 0 aliphatic heterocycles. The minimum atomic E-state index is 0.919. The molecule has 0 unspecified atom stereocenters. The highest BCUT2D eigenvalue weighted by molar-refractivity contribution is 6.17. The fraction of sp³-hybridized carbons (Fsp3) is 0. The van der Waals surface area contributed by atoms with E-state index < -0.39 is 0 Å². The zero-order valence-electron chi connectivity index (χ0n) is 27.3. The highest BCUT2D eigenvalue weighted by Crippen LogP contribution is 2.43. The minimum Gasteiger partial charge on any atom is -0.455 e. The maximum Gasteiger partial charge on any atom is 0.143 e. The zero-order chi connectivity index (χ0) is 33.0. The van der Waals surface area contributed by atoms with Crippen LogP contribution in [-0.4, -0.2) is 0 Å². The van der Waals surface area contributed by atoms with Crippen LogP contribution in [0.5, 0.6) is 0 Å². The first-order chi connectivity index (χ1) is 24.8. The van der Waals surface area contributed by atoms with Crippen molar-refractivity contribution >= 4 is 71.3 Å². The lowest BCUT2D eigenvalue weighted by atomic mass is 9.96. The lowest BCUT2D eigenvalue weighted by Gasteiger charge is -2.28. The predicted molar refractivity (Wildman–Crippen MR) is 212 cm³/mol. The Bertz CT molecular complexity index is 2870. The van der Waals surface area contributed by atoms with E-state index in [0.29, 0.717) is 0 Å². The molecule has 1 aromatic heterocycles. The maximum absolute atomic E-state index is 6.40. The molecule has 0 fully saturated rings. The fourth-order valence-corrected chi connectivity index (χ4v) is 7.68. The van der Waals surface area contributed by atoms with Crippen molar-refractivity contribution < 1.29 is 4.42 Å². The zero-order valence-corrected chi connectivity index (χ0v) is 27.3. The molecule has 0 spiro atoms. The van der Waals surface area contributed by atoms with Gasteiger partial charge in [0.1, 0.15) is 11.2 Å². The van der Waals surface area contributed by atoms with Crippen LogP contribution in [0.1, 0.15) is 0 Å². The number of rotatable bonds is 5. The molecule has 0 atom stereocenters. The van der Waals surface area contributed by atoms with Crippen molar-refractivity contribution in [1.82, 2.24) is 0 Å². The molecule has 10 aromatic rings. The summed E-state index contributed by atoms with van der Waals surface area (Å²) < 4.78 is 6.40. The maximum atomic E-state index is 6.40. The van der Waals surface area contributed by atoms with Crippen molar-refractivity contribution in [3.05, 3.63) is 188 Å². The lowest BCUT2D eigenvalue weighted by Crippen LogP contribution is -2.11. The quantitative estimate of drug-likeness (QED) is 0.175. The van der Waals surface area contributed by atoms with Gasteiger partial charge in [-0.1, -0.05) is 146 Å². The van der Waals surface area contributed by atoms with Crippen LogP contribution in [0.3, 0.4) is 0 Å². The summed E-state index contributed by atoms with van der Waals surface area (Å²) in [6.45, 7) is 0. The number of benzene rings is 9. The van der Waals surface area contributed by atoms with Gasteiger partial charge in [-0.05, 0) is 86.1 Å². The van der Waals surface area contributed by atoms with Gasteiger partial charge in [-0.2, -0.15) is 0 Å². The molecule has 9 aromatic carbocycles. The summed E-state index contributed by atoms with van der Waals surface area (Å²) >= 11 is 0. The van der Waals surface area contributed by atoms with Crippen molar-refractivity contribution in [2.75, 3.05) is 4.90 Å². The average Bonchev–Trinajstić information content (AvgIpc) is 3.58. The predicted octanol–water partition coefficient (Wildman–Crippen LogP) is 13.8. The van der Waals surface area contributed by atoms with Gasteiger partial charge >= 0.3 is 0 Å². The number of hydrogen-bond acceptors (Lipinski definition) is 2. The highest BCUT2D eigenvalue weighted by Gasteiger charge is 2.19. The van der Waals surface area contributed by atoms with E-state index in [2.05, 4.69) is 181 Å². The fourth-order valence-electron chi connectivity index (χ4n) is 7.68. The van der Waals surface area contributed by atoms with Crippen LogP contribution in [0.25, 0.3) is 76.5 Å². The van der Waals surface area contributed by atoms with Gasteiger partial charge in [0.15, 0.2) is 0 Å². The topological polar surface area (TPSA) is 16.4 Å². The van der Waals surface area contributed by atoms with Crippen LogP contribution in [0, 0.1) is 0 Å². The largest absolute Gasteiger partial charge is 0.455 e. The summed E-state index contributed by atoms with van der Waals surface area (Å²) in [6, 6.07) is 67.5. The van der Waals surface area contributed by atoms with Gasteiger partial charge in [0, 0.05) is 33.1 Å². The van der Waals surface area contributed by atoms with Crippen LogP contribution in [0.2, 0.25) is 0 Å². The first-order valence-electron chi connectivity index (χ1n) is 17.1. The van der Waals surface area contributed by atoms with Crippen molar-refractivity contribution in [2.45, 2.75) is 0 Å². The van der Waals surface area contributed by atoms with E-state index in [-0.39, 0.29) is 0 Å². The molecule has 0 amide bonds. The summed E-state index contributed by atoms with van der Waals surface area (Å²) in [5, 5.41) is 9.60. The number of furan rings is 1. The van der Waals surface area contributed by atoms with Crippen molar-refractivity contribution in [2.24, 2.45) is 0 Å². The summed E-state index contributed by atoms with van der Waals surface area (Å²) in [5.41, 5.74) is 9.91. The molecule has 0 bridgehead atoms. The second-order valence-corrected chi connectivity index (χ2v) is 12.9. The Kier molecular flexibility index (Phi) is 6.53. The number of anilines is 3. The molecule has 0 radical (unpaired) electrons. The van der Waals surface area contributed by atoms with E-state index in [9.17, 15) is 0 Å². The van der Waals surface area contributed by atoms with E-state index >= 15 is 0 Å². The third-order valence-corrected chi connectivity index (χ3v) is 10.1. The van der Waals surface area contributed by atoms with Gasteiger partial charge in [0.05, 0.1) is 5.69 Å². The molecule has 234 valence electrons. The van der Waals surface area contributed by atoms with Gasteiger partial charge in [0.25, 0.3) is 0 Å². The molecule has 0 aliphatic carbocycles. The Morgan fingerprint density at radius 3 is 1.84 bits per heavy atom.